The van der Waals surface area contributed by atoms with Crippen LogP contribution in [0.4, 0.5) is 0 Å². The molecule has 2 bridgehead atoms. The van der Waals surface area contributed by atoms with Crippen molar-refractivity contribution in [3.63, 3.8) is 0 Å². The van der Waals surface area contributed by atoms with Gasteiger partial charge in [-0.3, -0.25) is 19.4 Å². The van der Waals surface area contributed by atoms with Crippen molar-refractivity contribution in [2.75, 3.05) is 27.5 Å². The number of hydrogen-bond acceptors (Lipinski definition) is 10. The molecule has 2 aromatic rings. The first kappa shape index (κ1) is 30.0. The summed E-state index contributed by atoms with van der Waals surface area (Å²) in [4.78, 5) is 29.7. The number of phenolic OH excluding ortho intramolecular Hbond substituents is 1. The van der Waals surface area contributed by atoms with Crippen LogP contribution in [0.5, 0.6) is 28.7 Å². The first-order chi connectivity index (χ1) is 21.1. The number of carbonyl (C=O) groups is 2. The third-order valence-corrected chi connectivity index (χ3v) is 9.76. The van der Waals surface area contributed by atoms with Crippen molar-refractivity contribution in [2.24, 2.45) is 0 Å². The molecule has 2 aromatic carbocycles. The van der Waals surface area contributed by atoms with E-state index in [1.807, 2.05) is 27.8 Å². The van der Waals surface area contributed by atoms with E-state index in [0.29, 0.717) is 47.8 Å². The van der Waals surface area contributed by atoms with Gasteiger partial charge in [0.2, 0.25) is 12.7 Å². The summed E-state index contributed by atoms with van der Waals surface area (Å²) in [5.41, 5.74) is 4.81. The first-order valence-electron chi connectivity index (χ1n) is 15.3. The number of hydrogen-bond donors (Lipinski definition) is 2. The second kappa shape index (κ2) is 11.5. The average Bonchev–Trinajstić information content (AvgIpc) is 3.47. The fraction of sp³-hybridized carbons (Fsp3) is 0.545. The number of nitriles is 1. The summed E-state index contributed by atoms with van der Waals surface area (Å²) < 4.78 is 23.5. The fourth-order valence-corrected chi connectivity index (χ4v) is 7.95. The summed E-state index contributed by atoms with van der Waals surface area (Å²) in [5.74, 6) is 1.48. The van der Waals surface area contributed by atoms with E-state index in [1.165, 1.54) is 6.92 Å². The van der Waals surface area contributed by atoms with Crippen LogP contribution in [0.3, 0.4) is 0 Å². The number of carbonyl (C=O) groups excluding carboxylic acids is 2. The SMILES string of the molecule is CCCCC(=O)NC[C@H]1c2c(c(OC(C)=O)c(C)c3c2OCO3)CC2[C@H]3c4c(cc(C)c(OC)c4O)C[C@H]([C@H](C#N)N21)N3C. The van der Waals surface area contributed by atoms with E-state index in [1.54, 1.807) is 7.11 Å². The molecule has 44 heavy (non-hydrogen) atoms. The van der Waals surface area contributed by atoms with Gasteiger partial charge in [0, 0.05) is 54.2 Å². The lowest BCUT2D eigenvalue weighted by atomic mass is 9.71. The third kappa shape index (κ3) is 4.54. The summed E-state index contributed by atoms with van der Waals surface area (Å²) in [6.45, 7) is 7.40. The molecule has 0 radical (unpaired) electrons. The normalized spacial score (nSPS) is 24.9. The minimum atomic E-state index is -0.541. The van der Waals surface area contributed by atoms with Crippen molar-refractivity contribution in [1.29, 1.82) is 5.26 Å². The number of piperazine rings is 1. The molecule has 1 saturated heterocycles. The van der Waals surface area contributed by atoms with E-state index in [-0.39, 0.29) is 43.1 Å². The highest BCUT2D eigenvalue weighted by atomic mass is 16.7. The van der Waals surface area contributed by atoms with E-state index in [4.69, 9.17) is 18.9 Å². The maximum absolute atomic E-state index is 13.0. The van der Waals surface area contributed by atoms with E-state index < -0.39 is 18.1 Å². The summed E-state index contributed by atoms with van der Waals surface area (Å²) in [6.07, 6.45) is 3.05. The number of rotatable bonds is 7. The van der Waals surface area contributed by atoms with Crippen LogP contribution in [-0.4, -0.2) is 72.4 Å². The van der Waals surface area contributed by atoms with E-state index in [0.717, 1.165) is 40.7 Å². The van der Waals surface area contributed by atoms with Crippen LogP contribution in [-0.2, 0) is 22.4 Å². The van der Waals surface area contributed by atoms with E-state index >= 15 is 0 Å². The molecule has 4 heterocycles. The van der Waals surface area contributed by atoms with Crippen molar-refractivity contribution in [1.82, 2.24) is 15.1 Å². The van der Waals surface area contributed by atoms with Crippen LogP contribution in [0.25, 0.3) is 0 Å². The predicted molar refractivity (Wildman–Crippen MR) is 160 cm³/mol. The van der Waals surface area contributed by atoms with Gasteiger partial charge in [-0.15, -0.1) is 0 Å². The summed E-state index contributed by atoms with van der Waals surface area (Å²) in [6, 6.07) is 2.82. The molecule has 0 saturated carbocycles. The maximum Gasteiger partial charge on any atom is 0.308 e. The van der Waals surface area contributed by atoms with Gasteiger partial charge in [-0.1, -0.05) is 19.4 Å². The van der Waals surface area contributed by atoms with Gasteiger partial charge >= 0.3 is 5.97 Å². The minimum absolute atomic E-state index is 0.0151. The zero-order valence-corrected chi connectivity index (χ0v) is 26.2. The highest BCUT2D eigenvalue weighted by Crippen LogP contribution is 2.58. The molecule has 234 valence electrons. The van der Waals surface area contributed by atoms with Crippen molar-refractivity contribution in [2.45, 2.75) is 90.0 Å². The molecule has 0 spiro atoms. The first-order valence-corrected chi connectivity index (χ1v) is 15.3. The fourth-order valence-electron chi connectivity index (χ4n) is 7.95. The van der Waals surface area contributed by atoms with Gasteiger partial charge in [0.25, 0.3) is 0 Å². The van der Waals surface area contributed by atoms with Crippen molar-refractivity contribution in [3.8, 4) is 34.8 Å². The Bertz CT molecular complexity index is 1570. The van der Waals surface area contributed by atoms with Gasteiger partial charge in [0.1, 0.15) is 11.8 Å². The minimum Gasteiger partial charge on any atom is -0.504 e. The largest absolute Gasteiger partial charge is 0.504 e. The number of likely N-dealkylation sites (N-methyl/N-ethyl adjacent to an activating group) is 1. The number of methoxy groups -OCH3 is 1. The Morgan fingerprint density at radius 1 is 1.16 bits per heavy atom. The third-order valence-electron chi connectivity index (χ3n) is 9.76. The second-order valence-electron chi connectivity index (χ2n) is 12.3. The standard InChI is InChI=1S/C33H40N4O7/c1-7-8-9-25(39)35-14-24-27-20(31(44-18(4)38)17(3)32-33(27)43-15-42-32)12-22-28-26-19(10-16(2)30(41-6)29(26)40)11-21(36(28)5)23(13-34)37(22)24/h10,21-24,28,40H,7-9,11-12,14-15H2,1-6H3,(H,35,39)/t21-,22?,23+,24+,28+/m1/s1. The Kier molecular flexibility index (Phi) is 7.84. The zero-order valence-electron chi connectivity index (χ0n) is 26.2. The highest BCUT2D eigenvalue weighted by Gasteiger charge is 2.56. The number of benzene rings is 2. The molecule has 1 fully saturated rings. The van der Waals surface area contributed by atoms with E-state index in [9.17, 15) is 20.0 Å². The van der Waals surface area contributed by atoms with Crippen LogP contribution in [0, 0.1) is 25.2 Å². The van der Waals surface area contributed by atoms with Crippen LogP contribution >= 0.6 is 0 Å². The van der Waals surface area contributed by atoms with Crippen molar-refractivity contribution in [3.05, 3.63) is 39.4 Å². The predicted octanol–water partition coefficient (Wildman–Crippen LogP) is 3.75. The molecule has 2 N–H and O–H groups in total. The lowest BCUT2D eigenvalue weighted by Crippen LogP contribution is -2.68. The van der Waals surface area contributed by atoms with E-state index in [2.05, 4.69) is 27.3 Å². The average molecular weight is 605 g/mol. The number of fused-ring (bicyclic) bond motifs is 9. The number of aromatic hydroxyl groups is 1. The molecule has 0 aromatic heterocycles. The van der Waals surface area contributed by atoms with Crippen LogP contribution < -0.4 is 24.3 Å². The number of amides is 1. The monoisotopic (exact) mass is 604 g/mol. The van der Waals surface area contributed by atoms with Gasteiger partial charge in [0.15, 0.2) is 23.0 Å². The number of unbranched alkanes of at least 4 members (excludes halogenated alkanes) is 1. The van der Waals surface area contributed by atoms with Crippen molar-refractivity contribution < 1.29 is 33.6 Å². The zero-order chi connectivity index (χ0) is 31.4. The number of nitrogens with one attached hydrogen (secondary N) is 1. The summed E-state index contributed by atoms with van der Waals surface area (Å²) >= 11 is 0. The Balaban J connectivity index is 1.58. The topological polar surface area (TPSA) is 134 Å². The number of ether oxygens (including phenoxy) is 4. The van der Waals surface area contributed by atoms with Crippen LogP contribution in [0.15, 0.2) is 6.07 Å². The molecule has 4 aliphatic rings. The number of phenols is 1. The van der Waals surface area contributed by atoms with Gasteiger partial charge in [-0.25, -0.2) is 0 Å². The second-order valence-corrected chi connectivity index (χ2v) is 12.3. The molecule has 1 unspecified atom stereocenters. The van der Waals surface area contributed by atoms with Gasteiger partial charge in [0.05, 0.1) is 25.3 Å². The Hall–Kier alpha value is -4.01. The number of nitrogens with zero attached hydrogens (tertiary/aromatic N) is 3. The molecule has 1 amide bonds. The van der Waals surface area contributed by atoms with Gasteiger partial charge < -0.3 is 29.4 Å². The number of aryl methyl sites for hydroxylation is 1. The summed E-state index contributed by atoms with van der Waals surface area (Å²) in [5, 5.41) is 25.5. The van der Waals surface area contributed by atoms with Crippen molar-refractivity contribution >= 4 is 11.9 Å². The molecular formula is C33H40N4O7. The molecule has 0 aliphatic carbocycles. The molecular weight excluding hydrogens is 564 g/mol. The maximum atomic E-state index is 13.0. The molecule has 6 rings (SSSR count). The lowest BCUT2D eigenvalue weighted by Gasteiger charge is -2.60. The Labute approximate surface area is 257 Å². The van der Waals surface area contributed by atoms with Crippen LogP contribution in [0.1, 0.15) is 78.6 Å². The van der Waals surface area contributed by atoms with Gasteiger partial charge in [-0.2, -0.15) is 5.26 Å². The van der Waals surface area contributed by atoms with Gasteiger partial charge in [-0.05, 0) is 51.3 Å². The smallest absolute Gasteiger partial charge is 0.308 e. The number of esters is 1. The molecule has 5 atom stereocenters. The van der Waals surface area contributed by atoms with Crippen LogP contribution in [0.2, 0.25) is 0 Å². The Morgan fingerprint density at radius 3 is 2.59 bits per heavy atom. The molecule has 4 aliphatic heterocycles. The highest BCUT2D eigenvalue weighted by molar-refractivity contribution is 5.76. The summed E-state index contributed by atoms with van der Waals surface area (Å²) in [7, 11) is 3.55. The quantitative estimate of drug-likeness (QED) is 0.356. The molecule has 11 heteroatoms. The lowest BCUT2D eigenvalue weighted by molar-refractivity contribution is -0.132. The molecule has 11 nitrogen and oxygen atoms in total. The Morgan fingerprint density at radius 2 is 1.91 bits per heavy atom.